The van der Waals surface area contributed by atoms with Crippen LogP contribution in [0.5, 0.6) is 5.88 Å². The fourth-order valence-electron chi connectivity index (χ4n) is 2.36. The van der Waals surface area contributed by atoms with Crippen LogP contribution in [0.2, 0.25) is 0 Å². The molecule has 0 spiro atoms. The van der Waals surface area contributed by atoms with Gasteiger partial charge in [0.15, 0.2) is 5.82 Å². The Labute approximate surface area is 114 Å². The van der Waals surface area contributed by atoms with Crippen molar-refractivity contribution in [3.8, 4) is 5.88 Å². The third-order valence-electron chi connectivity index (χ3n) is 3.68. The van der Waals surface area contributed by atoms with Crippen LogP contribution in [0.1, 0.15) is 26.7 Å². The molecule has 1 aliphatic heterocycles. The first-order chi connectivity index (χ1) is 9.11. The molecule has 2 rings (SSSR count). The summed E-state index contributed by atoms with van der Waals surface area (Å²) in [5, 5.41) is 3.42. The third-order valence-corrected chi connectivity index (χ3v) is 3.68. The van der Waals surface area contributed by atoms with E-state index in [1.165, 1.54) is 6.33 Å². The summed E-state index contributed by atoms with van der Waals surface area (Å²) < 4.78 is 5.38. The number of nitrogens with two attached hydrogens (primary N) is 1. The lowest BCUT2D eigenvalue weighted by molar-refractivity contribution is 0.190. The molecule has 2 atom stereocenters. The molecular weight excluding hydrogens is 242 g/mol. The number of nitrogens with zero attached hydrogens (tertiary/aromatic N) is 3. The molecule has 3 N–H and O–H groups in total. The zero-order valence-corrected chi connectivity index (χ0v) is 11.9. The molecule has 0 amide bonds. The predicted molar refractivity (Wildman–Crippen MR) is 76.4 cm³/mol. The van der Waals surface area contributed by atoms with Gasteiger partial charge >= 0.3 is 0 Å². The minimum atomic E-state index is 0.401. The molecule has 0 saturated carbocycles. The second-order valence-electron chi connectivity index (χ2n) is 5.07. The average Bonchev–Trinajstić information content (AvgIpc) is 2.39. The van der Waals surface area contributed by atoms with E-state index in [4.69, 9.17) is 10.5 Å². The molecule has 0 aliphatic carbocycles. The molecule has 1 saturated heterocycles. The van der Waals surface area contributed by atoms with Gasteiger partial charge in [0.1, 0.15) is 12.0 Å². The predicted octanol–water partition coefficient (Wildman–Crippen LogP) is 1.35. The van der Waals surface area contributed by atoms with E-state index in [0.717, 1.165) is 19.4 Å². The summed E-state index contributed by atoms with van der Waals surface area (Å²) in [4.78, 5) is 10.6. The van der Waals surface area contributed by atoms with Gasteiger partial charge in [0.2, 0.25) is 5.88 Å². The van der Waals surface area contributed by atoms with Gasteiger partial charge in [-0.2, -0.15) is 4.98 Å². The van der Waals surface area contributed by atoms with Crippen LogP contribution in [0.3, 0.4) is 0 Å². The van der Waals surface area contributed by atoms with Gasteiger partial charge in [-0.25, -0.2) is 4.98 Å². The van der Waals surface area contributed by atoms with Crippen LogP contribution in [-0.2, 0) is 0 Å². The van der Waals surface area contributed by atoms with Gasteiger partial charge in [-0.3, -0.25) is 0 Å². The number of hydrogen-bond donors (Lipinski definition) is 2. The molecule has 0 radical (unpaired) electrons. The highest BCUT2D eigenvalue weighted by molar-refractivity contribution is 5.66. The maximum Gasteiger partial charge on any atom is 0.242 e. The van der Waals surface area contributed by atoms with E-state index in [2.05, 4.69) is 34.2 Å². The Morgan fingerprint density at radius 1 is 1.53 bits per heavy atom. The van der Waals surface area contributed by atoms with Crippen molar-refractivity contribution in [2.24, 2.45) is 0 Å². The number of rotatable bonds is 4. The van der Waals surface area contributed by atoms with Crippen molar-refractivity contribution in [1.82, 2.24) is 14.9 Å². The van der Waals surface area contributed by atoms with Crippen LogP contribution >= 0.6 is 0 Å². The fraction of sp³-hybridized carbons (Fsp3) is 0.692. The van der Waals surface area contributed by atoms with Gasteiger partial charge in [0.05, 0.1) is 6.61 Å². The topological polar surface area (TPSA) is 76.3 Å². The summed E-state index contributed by atoms with van der Waals surface area (Å²) in [6, 6.07) is 0.971. The number of hydrogen-bond acceptors (Lipinski definition) is 6. The highest BCUT2D eigenvalue weighted by atomic mass is 16.5. The van der Waals surface area contributed by atoms with Crippen molar-refractivity contribution >= 4 is 11.5 Å². The van der Waals surface area contributed by atoms with Gasteiger partial charge in [-0.15, -0.1) is 0 Å². The highest BCUT2D eigenvalue weighted by Crippen LogP contribution is 2.27. The van der Waals surface area contributed by atoms with Crippen LogP contribution < -0.4 is 15.8 Å². The Morgan fingerprint density at radius 2 is 2.32 bits per heavy atom. The molecule has 0 bridgehead atoms. The molecule has 6 nitrogen and oxygen atoms in total. The van der Waals surface area contributed by atoms with Crippen molar-refractivity contribution < 1.29 is 4.74 Å². The normalized spacial score (nSPS) is 24.2. The number of nitrogen functional groups attached to an aromatic ring is 1. The molecule has 1 fully saturated rings. The minimum absolute atomic E-state index is 0.401. The number of ether oxygens (including phenoxy) is 1. The second kappa shape index (κ2) is 6.06. The standard InChI is InChI=1S/C13H23N5O/c1-4-19-13-11(14)12(15-8-16-13)17-10-5-6-18(3)9(2)7-10/h8-10H,4-7,14H2,1-3H3,(H,15,16,17). The lowest BCUT2D eigenvalue weighted by Gasteiger charge is -2.35. The lowest BCUT2D eigenvalue weighted by Crippen LogP contribution is -2.42. The quantitative estimate of drug-likeness (QED) is 0.856. The van der Waals surface area contributed by atoms with Crippen LogP contribution in [0, 0.1) is 0 Å². The van der Waals surface area contributed by atoms with E-state index in [1.807, 2.05) is 6.92 Å². The van der Waals surface area contributed by atoms with Crippen LogP contribution in [-0.4, -0.2) is 47.2 Å². The lowest BCUT2D eigenvalue weighted by atomic mass is 9.99. The third kappa shape index (κ3) is 3.26. The Hall–Kier alpha value is -1.56. The molecule has 106 valence electrons. The molecule has 2 unspecified atom stereocenters. The smallest absolute Gasteiger partial charge is 0.242 e. The summed E-state index contributed by atoms with van der Waals surface area (Å²) in [6.07, 6.45) is 3.67. The Kier molecular flexibility index (Phi) is 4.42. The zero-order valence-electron chi connectivity index (χ0n) is 11.9. The molecule has 1 aromatic heterocycles. The molecule has 0 aromatic carbocycles. The summed E-state index contributed by atoms with van der Waals surface area (Å²) in [7, 11) is 2.16. The number of aromatic nitrogens is 2. The van der Waals surface area contributed by atoms with E-state index in [-0.39, 0.29) is 0 Å². The highest BCUT2D eigenvalue weighted by Gasteiger charge is 2.23. The minimum Gasteiger partial charge on any atom is -0.476 e. The Balaban J connectivity index is 2.05. The second-order valence-corrected chi connectivity index (χ2v) is 5.07. The summed E-state index contributed by atoms with van der Waals surface area (Å²) in [6.45, 7) is 5.78. The first kappa shape index (κ1) is 13.9. The van der Waals surface area contributed by atoms with Crippen molar-refractivity contribution in [3.05, 3.63) is 6.33 Å². The van der Waals surface area contributed by atoms with Crippen molar-refractivity contribution in [2.75, 3.05) is 31.2 Å². The molecule has 1 aromatic rings. The number of piperidine rings is 1. The zero-order chi connectivity index (χ0) is 13.8. The van der Waals surface area contributed by atoms with Crippen LogP contribution in [0.25, 0.3) is 0 Å². The Bertz CT molecular complexity index is 425. The number of nitrogens with one attached hydrogen (secondary N) is 1. The number of anilines is 2. The van der Waals surface area contributed by atoms with E-state index < -0.39 is 0 Å². The van der Waals surface area contributed by atoms with Gasteiger partial charge in [-0.1, -0.05) is 0 Å². The Morgan fingerprint density at radius 3 is 3.00 bits per heavy atom. The summed E-state index contributed by atoms with van der Waals surface area (Å²) in [5.74, 6) is 1.14. The fourth-order valence-corrected chi connectivity index (χ4v) is 2.36. The molecule has 1 aliphatic rings. The summed E-state index contributed by atoms with van der Waals surface area (Å²) in [5.41, 5.74) is 6.52. The van der Waals surface area contributed by atoms with E-state index >= 15 is 0 Å². The number of likely N-dealkylation sites (tertiary alicyclic amines) is 1. The summed E-state index contributed by atoms with van der Waals surface area (Å²) >= 11 is 0. The first-order valence-electron chi connectivity index (χ1n) is 6.81. The maximum absolute atomic E-state index is 6.03. The van der Waals surface area contributed by atoms with E-state index in [0.29, 0.717) is 36.1 Å². The largest absolute Gasteiger partial charge is 0.476 e. The molecular formula is C13H23N5O. The van der Waals surface area contributed by atoms with Gasteiger partial charge in [-0.05, 0) is 33.7 Å². The monoisotopic (exact) mass is 265 g/mol. The maximum atomic E-state index is 6.03. The van der Waals surface area contributed by atoms with E-state index in [9.17, 15) is 0 Å². The molecule has 2 heterocycles. The molecule has 19 heavy (non-hydrogen) atoms. The van der Waals surface area contributed by atoms with Gasteiger partial charge in [0.25, 0.3) is 0 Å². The van der Waals surface area contributed by atoms with Crippen molar-refractivity contribution in [2.45, 2.75) is 38.8 Å². The first-order valence-corrected chi connectivity index (χ1v) is 6.81. The average molecular weight is 265 g/mol. The van der Waals surface area contributed by atoms with Gasteiger partial charge < -0.3 is 20.7 Å². The van der Waals surface area contributed by atoms with Crippen molar-refractivity contribution in [1.29, 1.82) is 0 Å². The van der Waals surface area contributed by atoms with Crippen LogP contribution in [0.4, 0.5) is 11.5 Å². The SMILES string of the molecule is CCOc1ncnc(NC2CCN(C)C(C)C2)c1N. The van der Waals surface area contributed by atoms with E-state index in [1.54, 1.807) is 0 Å². The molecule has 6 heteroatoms. The van der Waals surface area contributed by atoms with Crippen molar-refractivity contribution in [3.63, 3.8) is 0 Å². The van der Waals surface area contributed by atoms with Gasteiger partial charge in [0, 0.05) is 18.6 Å². The van der Waals surface area contributed by atoms with Crippen LogP contribution in [0.15, 0.2) is 6.33 Å².